The van der Waals surface area contributed by atoms with Gasteiger partial charge in [0, 0.05) is 30.3 Å². The van der Waals surface area contributed by atoms with Crippen LogP contribution in [0.3, 0.4) is 0 Å². The summed E-state index contributed by atoms with van der Waals surface area (Å²) in [6.45, 7) is 1.08. The smallest absolute Gasteiger partial charge is 0.226 e. The van der Waals surface area contributed by atoms with E-state index >= 15 is 0 Å². The number of hydrogen-bond acceptors (Lipinski definition) is 3. The molecule has 4 heteroatoms. The summed E-state index contributed by atoms with van der Waals surface area (Å²) in [5.41, 5.74) is 7.40. The molecule has 3 N–H and O–H groups in total. The molecule has 1 aromatic carbocycles. The Morgan fingerprint density at radius 2 is 2.26 bits per heavy atom. The summed E-state index contributed by atoms with van der Waals surface area (Å²) in [6.07, 6.45) is 5.49. The normalized spacial score (nSPS) is 27.6. The average molecular weight is 311 g/mol. The maximum atomic E-state index is 12.5. The molecule has 2 aliphatic heterocycles. The second kappa shape index (κ2) is 7.06. The van der Waals surface area contributed by atoms with Crippen LogP contribution in [0.25, 0.3) is 0 Å². The van der Waals surface area contributed by atoms with E-state index in [1.807, 2.05) is 36.2 Å². The summed E-state index contributed by atoms with van der Waals surface area (Å²) in [7, 11) is 1.87. The van der Waals surface area contributed by atoms with Gasteiger partial charge in [0.25, 0.3) is 0 Å². The van der Waals surface area contributed by atoms with Crippen LogP contribution in [0.2, 0.25) is 0 Å². The Kier molecular flexibility index (Phi) is 4.88. The molecule has 2 aliphatic rings. The van der Waals surface area contributed by atoms with Crippen LogP contribution in [-0.4, -0.2) is 36.5 Å². The van der Waals surface area contributed by atoms with Crippen molar-refractivity contribution in [3.8, 4) is 11.8 Å². The van der Waals surface area contributed by atoms with Crippen LogP contribution in [0.5, 0.6) is 0 Å². The molecule has 0 aromatic heterocycles. The summed E-state index contributed by atoms with van der Waals surface area (Å²) in [5, 5.41) is 3.54. The first-order valence-corrected chi connectivity index (χ1v) is 8.50. The van der Waals surface area contributed by atoms with Crippen LogP contribution in [0.15, 0.2) is 24.3 Å². The number of piperidine rings is 1. The van der Waals surface area contributed by atoms with Crippen molar-refractivity contribution in [1.29, 1.82) is 0 Å². The minimum absolute atomic E-state index is 0.0116. The monoisotopic (exact) mass is 311 g/mol. The topological polar surface area (TPSA) is 58.4 Å². The lowest BCUT2D eigenvalue weighted by molar-refractivity contribution is -0.130. The van der Waals surface area contributed by atoms with Crippen molar-refractivity contribution in [2.75, 3.05) is 19.3 Å². The second-order valence-electron chi connectivity index (χ2n) is 6.67. The van der Waals surface area contributed by atoms with Crippen LogP contribution in [0.4, 0.5) is 5.69 Å². The van der Waals surface area contributed by atoms with Crippen LogP contribution >= 0.6 is 0 Å². The van der Waals surface area contributed by atoms with Gasteiger partial charge in [0.15, 0.2) is 0 Å². The summed E-state index contributed by atoms with van der Waals surface area (Å²) in [5.74, 6) is 6.76. The lowest BCUT2D eigenvalue weighted by atomic mass is 9.92. The molecule has 3 unspecified atom stereocenters. The van der Waals surface area contributed by atoms with Gasteiger partial charge in [-0.3, -0.25) is 4.79 Å². The van der Waals surface area contributed by atoms with E-state index in [9.17, 15) is 4.79 Å². The first-order chi connectivity index (χ1) is 11.1. The molecule has 4 nitrogen and oxygen atoms in total. The van der Waals surface area contributed by atoms with Gasteiger partial charge in [-0.25, -0.2) is 0 Å². The molecule has 0 bridgehead atoms. The van der Waals surface area contributed by atoms with Crippen molar-refractivity contribution in [2.24, 2.45) is 5.92 Å². The number of carbonyl (C=O) groups is 1. The number of amides is 1. The summed E-state index contributed by atoms with van der Waals surface area (Å²) in [4.78, 5) is 14.3. The minimum atomic E-state index is 0.0116. The van der Waals surface area contributed by atoms with Gasteiger partial charge >= 0.3 is 0 Å². The van der Waals surface area contributed by atoms with Gasteiger partial charge in [-0.05, 0) is 50.4 Å². The van der Waals surface area contributed by atoms with Crippen molar-refractivity contribution in [2.45, 2.75) is 44.2 Å². The predicted molar refractivity (Wildman–Crippen MR) is 92.7 cm³/mol. The highest BCUT2D eigenvalue weighted by Gasteiger charge is 2.37. The Morgan fingerprint density at radius 3 is 3.00 bits per heavy atom. The zero-order valence-electron chi connectivity index (χ0n) is 13.7. The zero-order chi connectivity index (χ0) is 16.2. The first-order valence-electron chi connectivity index (χ1n) is 8.50. The average Bonchev–Trinajstić information content (AvgIpc) is 2.82. The molecule has 0 aliphatic carbocycles. The van der Waals surface area contributed by atoms with Crippen molar-refractivity contribution in [3.05, 3.63) is 29.8 Å². The van der Waals surface area contributed by atoms with Crippen LogP contribution < -0.4 is 11.1 Å². The third kappa shape index (κ3) is 3.86. The third-order valence-electron chi connectivity index (χ3n) is 4.92. The largest absolute Gasteiger partial charge is 0.399 e. The Balaban J connectivity index is 1.64. The van der Waals surface area contributed by atoms with Crippen LogP contribution in [0.1, 0.15) is 37.7 Å². The molecule has 1 aromatic rings. The number of carbonyl (C=O) groups excluding carboxylic acids is 1. The van der Waals surface area contributed by atoms with Crippen molar-refractivity contribution in [3.63, 3.8) is 0 Å². The van der Waals surface area contributed by atoms with E-state index in [0.29, 0.717) is 11.7 Å². The van der Waals surface area contributed by atoms with E-state index in [1.165, 1.54) is 19.3 Å². The van der Waals surface area contributed by atoms with Gasteiger partial charge in [0.2, 0.25) is 5.91 Å². The van der Waals surface area contributed by atoms with E-state index in [4.69, 9.17) is 5.73 Å². The summed E-state index contributed by atoms with van der Waals surface area (Å²) < 4.78 is 0. The van der Waals surface area contributed by atoms with Gasteiger partial charge in [0.05, 0.1) is 6.04 Å². The van der Waals surface area contributed by atoms with E-state index in [1.54, 1.807) is 0 Å². The number of hydrogen-bond donors (Lipinski definition) is 2. The van der Waals surface area contributed by atoms with Gasteiger partial charge in [-0.2, -0.15) is 0 Å². The number of nitrogens with two attached hydrogens (primary N) is 1. The SMILES string of the molecule is CN1C(=O)C(CC2CCCCN2)CC1C#Cc1cccc(N)c1. The molecule has 2 fully saturated rings. The van der Waals surface area contributed by atoms with Crippen molar-refractivity contribution in [1.82, 2.24) is 10.2 Å². The molecule has 23 heavy (non-hydrogen) atoms. The van der Waals surface area contributed by atoms with Crippen LogP contribution in [-0.2, 0) is 4.79 Å². The molecule has 0 radical (unpaired) electrons. The lowest BCUT2D eigenvalue weighted by Gasteiger charge is -2.25. The number of rotatable bonds is 2. The van der Waals surface area contributed by atoms with Gasteiger partial charge in [-0.15, -0.1) is 0 Å². The lowest BCUT2D eigenvalue weighted by Crippen LogP contribution is -2.37. The van der Waals surface area contributed by atoms with Gasteiger partial charge < -0.3 is 16.0 Å². The summed E-state index contributed by atoms with van der Waals surface area (Å²) in [6, 6.07) is 8.07. The standard InChI is InChI=1S/C19H25N3O/c1-22-18(9-8-14-5-4-6-16(20)11-14)13-15(19(22)23)12-17-7-2-3-10-21-17/h4-6,11,15,17-18,21H,2-3,7,10,12-13,20H2,1H3. The van der Waals surface area contributed by atoms with Crippen molar-refractivity contribution >= 4 is 11.6 Å². The fourth-order valence-electron chi connectivity index (χ4n) is 3.57. The highest BCUT2D eigenvalue weighted by atomic mass is 16.2. The maximum absolute atomic E-state index is 12.5. The molecule has 122 valence electrons. The number of benzene rings is 1. The fourth-order valence-corrected chi connectivity index (χ4v) is 3.57. The van der Waals surface area contributed by atoms with E-state index < -0.39 is 0 Å². The third-order valence-corrected chi connectivity index (χ3v) is 4.92. The van der Waals surface area contributed by atoms with Crippen molar-refractivity contribution < 1.29 is 4.79 Å². The molecule has 1 amide bonds. The highest BCUT2D eigenvalue weighted by molar-refractivity contribution is 5.82. The predicted octanol–water partition coefficient (Wildman–Crippen LogP) is 2.00. The van der Waals surface area contributed by atoms with E-state index in [2.05, 4.69) is 17.2 Å². The fraction of sp³-hybridized carbons (Fsp3) is 0.526. The Bertz CT molecular complexity index is 625. The quantitative estimate of drug-likeness (QED) is 0.649. The molecule has 2 saturated heterocycles. The zero-order valence-corrected chi connectivity index (χ0v) is 13.7. The molecular formula is C19H25N3O. The first kappa shape index (κ1) is 15.9. The van der Waals surface area contributed by atoms with E-state index in [0.717, 1.165) is 24.9 Å². The van der Waals surface area contributed by atoms with E-state index in [-0.39, 0.29) is 17.9 Å². The van der Waals surface area contributed by atoms with Gasteiger partial charge in [-0.1, -0.05) is 24.3 Å². The van der Waals surface area contributed by atoms with Crippen LogP contribution in [0, 0.1) is 17.8 Å². The minimum Gasteiger partial charge on any atom is -0.399 e. The molecule has 0 saturated carbocycles. The summed E-state index contributed by atoms with van der Waals surface area (Å²) >= 11 is 0. The molecule has 2 heterocycles. The Labute approximate surface area is 138 Å². The molecule has 3 atom stereocenters. The molecular weight excluding hydrogens is 286 g/mol. The number of nitrogens with one attached hydrogen (secondary N) is 1. The Morgan fingerprint density at radius 1 is 1.39 bits per heavy atom. The second-order valence-corrected chi connectivity index (χ2v) is 6.67. The number of likely N-dealkylation sites (tertiary alicyclic amines) is 1. The number of nitrogens with zero attached hydrogens (tertiary/aromatic N) is 1. The number of anilines is 1. The maximum Gasteiger partial charge on any atom is 0.226 e. The highest BCUT2D eigenvalue weighted by Crippen LogP contribution is 2.28. The molecule has 0 spiro atoms. The van der Waals surface area contributed by atoms with Gasteiger partial charge in [0.1, 0.15) is 0 Å². The molecule has 3 rings (SSSR count). The Hall–Kier alpha value is -1.99. The number of nitrogen functional groups attached to an aromatic ring is 1.